The van der Waals surface area contributed by atoms with E-state index < -0.39 is 0 Å². The molecular weight excluding hydrogens is 406 g/mol. The monoisotopic (exact) mass is 433 g/mol. The van der Waals surface area contributed by atoms with Crippen molar-refractivity contribution in [2.75, 3.05) is 11.5 Å². The van der Waals surface area contributed by atoms with E-state index in [0.29, 0.717) is 24.2 Å². The summed E-state index contributed by atoms with van der Waals surface area (Å²) in [6.45, 7) is 4.10. The molecular formula is C24H27N5O3. The highest BCUT2D eigenvalue weighted by molar-refractivity contribution is 5.95. The van der Waals surface area contributed by atoms with Gasteiger partial charge in [0.2, 0.25) is 5.91 Å². The van der Waals surface area contributed by atoms with E-state index in [1.54, 1.807) is 17.8 Å². The third kappa shape index (κ3) is 3.86. The molecule has 8 nitrogen and oxygen atoms in total. The molecule has 166 valence electrons. The third-order valence-corrected chi connectivity index (χ3v) is 6.25. The number of rotatable bonds is 6. The Kier molecular flexibility index (Phi) is 5.38. The number of aromatic nitrogens is 4. The lowest BCUT2D eigenvalue weighted by atomic mass is 9.92. The van der Waals surface area contributed by atoms with Crippen LogP contribution in [0.3, 0.4) is 0 Å². The Morgan fingerprint density at radius 2 is 1.97 bits per heavy atom. The number of nitrogens with zero attached hydrogens (tertiary/aromatic N) is 5. The van der Waals surface area contributed by atoms with Crippen molar-refractivity contribution in [2.45, 2.75) is 58.0 Å². The molecule has 1 saturated carbocycles. The SMILES string of the molecule is CC(=O)N1c2ccc(-c3cnn(CCO)c3)c(Oc3ncc(C4CC4)cn3)c2CCC1C. The summed E-state index contributed by atoms with van der Waals surface area (Å²) in [5, 5.41) is 13.6. The van der Waals surface area contributed by atoms with Gasteiger partial charge in [-0.1, -0.05) is 0 Å². The molecule has 1 aliphatic carbocycles. The van der Waals surface area contributed by atoms with Gasteiger partial charge in [-0.3, -0.25) is 9.48 Å². The predicted octanol–water partition coefficient (Wildman–Crippen LogP) is 3.69. The maximum Gasteiger partial charge on any atom is 0.321 e. The first-order valence-corrected chi connectivity index (χ1v) is 11.1. The highest BCUT2D eigenvalue weighted by atomic mass is 16.5. The van der Waals surface area contributed by atoms with Gasteiger partial charge in [0.15, 0.2) is 0 Å². The molecule has 1 atom stereocenters. The Morgan fingerprint density at radius 1 is 1.19 bits per heavy atom. The average Bonchev–Trinajstić information content (AvgIpc) is 3.53. The second-order valence-corrected chi connectivity index (χ2v) is 8.61. The Balaban J connectivity index is 1.59. The standard InChI is InChI=1S/C24H27N5O3/c1-15-3-6-21-22(29(15)16(2)31)8-7-20(19-13-27-28(14-19)9-10-30)23(21)32-24-25-11-18(12-26-24)17-4-5-17/h7-8,11-15,17,30H,3-6,9-10H2,1-2H3. The minimum atomic E-state index is 0.0120. The maximum atomic E-state index is 12.4. The summed E-state index contributed by atoms with van der Waals surface area (Å²) >= 11 is 0. The molecule has 3 heterocycles. The number of carbonyl (C=O) groups is 1. The van der Waals surface area contributed by atoms with E-state index >= 15 is 0 Å². The summed E-state index contributed by atoms with van der Waals surface area (Å²) in [5.41, 5.74) is 4.72. The highest BCUT2D eigenvalue weighted by Crippen LogP contribution is 2.44. The number of hydrogen-bond acceptors (Lipinski definition) is 6. The van der Waals surface area contributed by atoms with Crippen molar-refractivity contribution < 1.29 is 14.6 Å². The fourth-order valence-corrected chi connectivity index (χ4v) is 4.45. The van der Waals surface area contributed by atoms with Crippen LogP contribution in [0.1, 0.15) is 50.2 Å². The van der Waals surface area contributed by atoms with Crippen molar-refractivity contribution in [1.29, 1.82) is 0 Å². The number of anilines is 1. The van der Waals surface area contributed by atoms with Gasteiger partial charge < -0.3 is 14.7 Å². The lowest BCUT2D eigenvalue weighted by Crippen LogP contribution is -2.40. The Bertz CT molecular complexity index is 1140. The molecule has 32 heavy (non-hydrogen) atoms. The third-order valence-electron chi connectivity index (χ3n) is 6.25. The first-order valence-electron chi connectivity index (χ1n) is 11.1. The molecule has 1 aliphatic heterocycles. The maximum absolute atomic E-state index is 12.4. The molecule has 1 amide bonds. The lowest BCUT2D eigenvalue weighted by molar-refractivity contribution is -0.117. The average molecular weight is 434 g/mol. The van der Waals surface area contributed by atoms with E-state index in [0.717, 1.165) is 40.8 Å². The van der Waals surface area contributed by atoms with Crippen LogP contribution in [0.15, 0.2) is 36.9 Å². The topological polar surface area (TPSA) is 93.4 Å². The fraction of sp³-hybridized carbons (Fsp3) is 0.417. The summed E-state index contributed by atoms with van der Waals surface area (Å²) in [7, 11) is 0. The number of fused-ring (bicyclic) bond motifs is 1. The van der Waals surface area contributed by atoms with E-state index in [9.17, 15) is 9.90 Å². The number of amides is 1. The molecule has 1 N–H and O–H groups in total. The predicted molar refractivity (Wildman–Crippen MR) is 120 cm³/mol. The van der Waals surface area contributed by atoms with Crippen LogP contribution in [0, 0.1) is 0 Å². The molecule has 0 bridgehead atoms. The van der Waals surface area contributed by atoms with Crippen molar-refractivity contribution in [1.82, 2.24) is 19.7 Å². The first kappa shape index (κ1) is 20.6. The van der Waals surface area contributed by atoms with Crippen molar-refractivity contribution in [3.8, 4) is 22.9 Å². The van der Waals surface area contributed by atoms with Crippen molar-refractivity contribution in [3.05, 3.63) is 48.0 Å². The molecule has 0 radical (unpaired) electrons. The smallest absolute Gasteiger partial charge is 0.321 e. The molecule has 2 aromatic heterocycles. The van der Waals surface area contributed by atoms with Crippen LogP contribution in [-0.4, -0.2) is 43.4 Å². The van der Waals surface area contributed by atoms with Gasteiger partial charge >= 0.3 is 6.01 Å². The molecule has 5 rings (SSSR count). The van der Waals surface area contributed by atoms with Gasteiger partial charge in [0.25, 0.3) is 0 Å². The summed E-state index contributed by atoms with van der Waals surface area (Å²) in [6.07, 6.45) is 11.3. The minimum absolute atomic E-state index is 0.0120. The Hall–Kier alpha value is -3.26. The molecule has 8 heteroatoms. The minimum Gasteiger partial charge on any atom is -0.423 e. The molecule has 1 fully saturated rings. The fourth-order valence-electron chi connectivity index (χ4n) is 4.45. The van der Waals surface area contributed by atoms with Crippen LogP contribution >= 0.6 is 0 Å². The van der Waals surface area contributed by atoms with Crippen molar-refractivity contribution in [3.63, 3.8) is 0 Å². The summed E-state index contributed by atoms with van der Waals surface area (Å²) in [6, 6.07) is 4.36. The summed E-state index contributed by atoms with van der Waals surface area (Å²) in [5.74, 6) is 1.24. The van der Waals surface area contributed by atoms with E-state index in [-0.39, 0.29) is 18.6 Å². The molecule has 0 saturated heterocycles. The van der Waals surface area contributed by atoms with E-state index in [1.165, 1.54) is 12.8 Å². The van der Waals surface area contributed by atoms with Gasteiger partial charge in [0.1, 0.15) is 5.75 Å². The lowest BCUT2D eigenvalue weighted by Gasteiger charge is -2.35. The number of aliphatic hydroxyl groups is 1. The first-order chi connectivity index (χ1) is 15.5. The molecule has 2 aliphatic rings. The molecule has 3 aromatic rings. The van der Waals surface area contributed by atoms with Crippen LogP contribution in [0.4, 0.5) is 5.69 Å². The number of carbonyl (C=O) groups excluding carboxylic acids is 1. The second-order valence-electron chi connectivity index (χ2n) is 8.61. The zero-order valence-electron chi connectivity index (χ0n) is 18.4. The normalized spacial score (nSPS) is 17.8. The summed E-state index contributed by atoms with van der Waals surface area (Å²) in [4.78, 5) is 23.1. The van der Waals surface area contributed by atoms with E-state index in [1.807, 2.05) is 35.6 Å². The van der Waals surface area contributed by atoms with Crippen LogP contribution in [0.2, 0.25) is 0 Å². The van der Waals surface area contributed by atoms with Gasteiger partial charge in [0, 0.05) is 48.2 Å². The molecule has 0 spiro atoms. The van der Waals surface area contributed by atoms with E-state index in [2.05, 4.69) is 22.0 Å². The number of hydrogen-bond donors (Lipinski definition) is 1. The molecule has 1 aromatic carbocycles. The highest BCUT2D eigenvalue weighted by Gasteiger charge is 2.31. The Morgan fingerprint density at radius 3 is 2.66 bits per heavy atom. The van der Waals surface area contributed by atoms with Gasteiger partial charge in [0.05, 0.1) is 25.0 Å². The van der Waals surface area contributed by atoms with Gasteiger partial charge in [-0.2, -0.15) is 5.10 Å². The summed E-state index contributed by atoms with van der Waals surface area (Å²) < 4.78 is 8.00. The van der Waals surface area contributed by atoms with E-state index in [4.69, 9.17) is 4.74 Å². The quantitative estimate of drug-likeness (QED) is 0.637. The van der Waals surface area contributed by atoms with Crippen LogP contribution in [0.25, 0.3) is 11.1 Å². The number of benzene rings is 1. The zero-order chi connectivity index (χ0) is 22.2. The second kappa shape index (κ2) is 8.35. The zero-order valence-corrected chi connectivity index (χ0v) is 18.4. The van der Waals surface area contributed by atoms with Crippen molar-refractivity contribution >= 4 is 11.6 Å². The molecule has 1 unspecified atom stereocenters. The van der Waals surface area contributed by atoms with Crippen molar-refractivity contribution in [2.24, 2.45) is 0 Å². The largest absolute Gasteiger partial charge is 0.423 e. The van der Waals surface area contributed by atoms with Crippen LogP contribution < -0.4 is 9.64 Å². The Labute approximate surface area is 186 Å². The van der Waals surface area contributed by atoms with Gasteiger partial charge in [-0.15, -0.1) is 0 Å². The van der Waals surface area contributed by atoms with Gasteiger partial charge in [-0.05, 0) is 56.2 Å². The number of aliphatic hydroxyl groups excluding tert-OH is 1. The van der Waals surface area contributed by atoms with Crippen LogP contribution in [-0.2, 0) is 17.8 Å². The van der Waals surface area contributed by atoms with Gasteiger partial charge in [-0.25, -0.2) is 9.97 Å². The van der Waals surface area contributed by atoms with Crippen LogP contribution in [0.5, 0.6) is 11.8 Å². The number of ether oxygens (including phenoxy) is 1.